The van der Waals surface area contributed by atoms with Crippen LogP contribution in [0.1, 0.15) is 15.9 Å². The van der Waals surface area contributed by atoms with Gasteiger partial charge in [-0.1, -0.05) is 36.4 Å². The first kappa shape index (κ1) is 17.5. The summed E-state index contributed by atoms with van der Waals surface area (Å²) in [6.07, 6.45) is 2.44. The molecule has 1 aromatic heterocycles. The molecule has 26 heavy (non-hydrogen) atoms. The topological polar surface area (TPSA) is 63.2 Å². The molecule has 0 saturated heterocycles. The summed E-state index contributed by atoms with van der Waals surface area (Å²) in [5.74, 6) is 1.09. The van der Waals surface area contributed by atoms with Gasteiger partial charge in [0, 0.05) is 24.5 Å². The lowest BCUT2D eigenvalue weighted by molar-refractivity contribution is 0.0954. The Balaban J connectivity index is 1.66. The SMILES string of the molecule is COc1cccc(Nc2ncccc2C(=O)NCCc2ccccc2)c1. The van der Waals surface area contributed by atoms with Crippen LogP contribution in [0.15, 0.2) is 72.9 Å². The fraction of sp³-hybridized carbons (Fsp3) is 0.143. The number of nitrogens with zero attached hydrogens (tertiary/aromatic N) is 1. The lowest BCUT2D eigenvalue weighted by Gasteiger charge is -2.12. The highest BCUT2D eigenvalue weighted by Crippen LogP contribution is 2.22. The van der Waals surface area contributed by atoms with Crippen LogP contribution in [0, 0.1) is 0 Å². The molecule has 0 saturated carbocycles. The van der Waals surface area contributed by atoms with Crippen LogP contribution < -0.4 is 15.4 Å². The number of carbonyl (C=O) groups excluding carboxylic acids is 1. The molecule has 0 aliphatic carbocycles. The largest absolute Gasteiger partial charge is 0.497 e. The number of nitrogens with one attached hydrogen (secondary N) is 2. The Morgan fingerprint density at radius 3 is 2.69 bits per heavy atom. The van der Waals surface area contributed by atoms with Crippen molar-refractivity contribution in [3.05, 3.63) is 84.1 Å². The van der Waals surface area contributed by atoms with Gasteiger partial charge in [-0.05, 0) is 36.2 Å². The third kappa shape index (κ3) is 4.60. The van der Waals surface area contributed by atoms with Gasteiger partial charge in [0.25, 0.3) is 5.91 Å². The number of carbonyl (C=O) groups is 1. The van der Waals surface area contributed by atoms with Crippen molar-refractivity contribution in [1.29, 1.82) is 0 Å². The van der Waals surface area contributed by atoms with Crippen LogP contribution in [0.3, 0.4) is 0 Å². The van der Waals surface area contributed by atoms with E-state index in [1.165, 1.54) is 5.56 Å². The van der Waals surface area contributed by atoms with Crippen molar-refractivity contribution in [2.24, 2.45) is 0 Å². The number of hydrogen-bond donors (Lipinski definition) is 2. The first-order chi connectivity index (χ1) is 12.8. The van der Waals surface area contributed by atoms with Crippen molar-refractivity contribution in [3.8, 4) is 5.75 Å². The molecule has 2 aromatic carbocycles. The molecule has 3 aromatic rings. The van der Waals surface area contributed by atoms with Crippen molar-refractivity contribution < 1.29 is 9.53 Å². The van der Waals surface area contributed by atoms with E-state index in [-0.39, 0.29) is 5.91 Å². The minimum absolute atomic E-state index is 0.153. The lowest BCUT2D eigenvalue weighted by Crippen LogP contribution is -2.26. The second-order valence-corrected chi connectivity index (χ2v) is 5.75. The molecular weight excluding hydrogens is 326 g/mol. The second-order valence-electron chi connectivity index (χ2n) is 5.75. The number of hydrogen-bond acceptors (Lipinski definition) is 4. The van der Waals surface area contributed by atoms with E-state index < -0.39 is 0 Å². The maximum absolute atomic E-state index is 12.6. The third-order valence-corrected chi connectivity index (χ3v) is 3.93. The van der Waals surface area contributed by atoms with Gasteiger partial charge in [0.1, 0.15) is 11.6 Å². The number of aromatic nitrogens is 1. The Morgan fingerprint density at radius 1 is 1.04 bits per heavy atom. The van der Waals surface area contributed by atoms with Crippen molar-refractivity contribution in [2.75, 3.05) is 19.0 Å². The van der Waals surface area contributed by atoms with Gasteiger partial charge < -0.3 is 15.4 Å². The molecule has 0 aliphatic heterocycles. The number of ether oxygens (including phenoxy) is 1. The number of benzene rings is 2. The van der Waals surface area contributed by atoms with Crippen LogP contribution in [0.5, 0.6) is 5.75 Å². The predicted molar refractivity (Wildman–Crippen MR) is 103 cm³/mol. The fourth-order valence-electron chi connectivity index (χ4n) is 2.59. The van der Waals surface area contributed by atoms with E-state index in [4.69, 9.17) is 4.74 Å². The zero-order chi connectivity index (χ0) is 18.2. The van der Waals surface area contributed by atoms with Gasteiger partial charge in [0.15, 0.2) is 0 Å². The predicted octanol–water partition coefficient (Wildman–Crippen LogP) is 3.81. The summed E-state index contributed by atoms with van der Waals surface area (Å²) in [6, 6.07) is 21.1. The highest BCUT2D eigenvalue weighted by molar-refractivity contribution is 5.99. The van der Waals surface area contributed by atoms with Gasteiger partial charge in [-0.25, -0.2) is 4.98 Å². The average molecular weight is 347 g/mol. The van der Waals surface area contributed by atoms with E-state index in [0.29, 0.717) is 17.9 Å². The summed E-state index contributed by atoms with van der Waals surface area (Å²) in [4.78, 5) is 16.9. The van der Waals surface area contributed by atoms with Crippen molar-refractivity contribution in [1.82, 2.24) is 10.3 Å². The zero-order valence-electron chi connectivity index (χ0n) is 14.6. The van der Waals surface area contributed by atoms with E-state index in [1.54, 1.807) is 25.4 Å². The van der Waals surface area contributed by atoms with Crippen molar-refractivity contribution in [2.45, 2.75) is 6.42 Å². The smallest absolute Gasteiger partial charge is 0.255 e. The van der Waals surface area contributed by atoms with Gasteiger partial charge in [-0.15, -0.1) is 0 Å². The average Bonchev–Trinajstić information content (AvgIpc) is 2.69. The first-order valence-electron chi connectivity index (χ1n) is 8.44. The molecule has 132 valence electrons. The van der Waals surface area contributed by atoms with Crippen LogP contribution in [0.25, 0.3) is 0 Å². The molecule has 5 heteroatoms. The molecule has 5 nitrogen and oxygen atoms in total. The van der Waals surface area contributed by atoms with E-state index in [0.717, 1.165) is 17.9 Å². The first-order valence-corrected chi connectivity index (χ1v) is 8.44. The molecule has 0 atom stereocenters. The van der Waals surface area contributed by atoms with E-state index >= 15 is 0 Å². The van der Waals surface area contributed by atoms with E-state index in [2.05, 4.69) is 15.6 Å². The number of anilines is 2. The summed E-state index contributed by atoms with van der Waals surface area (Å²) in [5, 5.41) is 6.14. The Labute approximate surface area is 153 Å². The summed E-state index contributed by atoms with van der Waals surface area (Å²) in [7, 11) is 1.62. The van der Waals surface area contributed by atoms with Gasteiger partial charge in [-0.3, -0.25) is 4.79 Å². The fourth-order valence-corrected chi connectivity index (χ4v) is 2.59. The number of rotatable bonds is 7. The molecule has 0 radical (unpaired) electrons. The van der Waals surface area contributed by atoms with Crippen LogP contribution in [0.2, 0.25) is 0 Å². The maximum Gasteiger partial charge on any atom is 0.255 e. The van der Waals surface area contributed by atoms with Crippen LogP contribution in [-0.4, -0.2) is 24.5 Å². The van der Waals surface area contributed by atoms with Crippen LogP contribution >= 0.6 is 0 Å². The standard InChI is InChI=1S/C21H21N3O2/c1-26-18-10-5-9-17(15-18)24-20-19(11-6-13-22-20)21(25)23-14-12-16-7-3-2-4-8-16/h2-11,13,15H,12,14H2,1H3,(H,22,24)(H,23,25). The quantitative estimate of drug-likeness (QED) is 0.682. The molecule has 1 heterocycles. The highest BCUT2D eigenvalue weighted by Gasteiger charge is 2.12. The maximum atomic E-state index is 12.6. The van der Waals surface area contributed by atoms with Gasteiger partial charge >= 0.3 is 0 Å². The molecule has 0 aliphatic rings. The van der Waals surface area contributed by atoms with Crippen molar-refractivity contribution in [3.63, 3.8) is 0 Å². The zero-order valence-corrected chi connectivity index (χ0v) is 14.6. The van der Waals surface area contributed by atoms with Crippen LogP contribution in [0.4, 0.5) is 11.5 Å². The Hall–Kier alpha value is -3.34. The lowest BCUT2D eigenvalue weighted by atomic mass is 10.1. The Bertz CT molecular complexity index is 866. The molecule has 0 unspecified atom stereocenters. The Morgan fingerprint density at radius 2 is 1.88 bits per heavy atom. The summed E-state index contributed by atoms with van der Waals surface area (Å²) in [5.41, 5.74) is 2.50. The van der Waals surface area contributed by atoms with Gasteiger partial charge in [-0.2, -0.15) is 0 Å². The summed E-state index contributed by atoms with van der Waals surface area (Å²) < 4.78 is 5.23. The second kappa shape index (κ2) is 8.67. The molecule has 1 amide bonds. The van der Waals surface area contributed by atoms with E-state index in [1.807, 2.05) is 54.6 Å². The van der Waals surface area contributed by atoms with Gasteiger partial charge in [0.2, 0.25) is 0 Å². The van der Waals surface area contributed by atoms with Gasteiger partial charge in [0.05, 0.1) is 12.7 Å². The highest BCUT2D eigenvalue weighted by atomic mass is 16.5. The Kier molecular flexibility index (Phi) is 5.83. The number of amides is 1. The molecule has 0 bridgehead atoms. The minimum Gasteiger partial charge on any atom is -0.497 e. The van der Waals surface area contributed by atoms with Crippen LogP contribution in [-0.2, 0) is 6.42 Å². The molecule has 2 N–H and O–H groups in total. The molecule has 0 spiro atoms. The number of methoxy groups -OCH3 is 1. The minimum atomic E-state index is -0.153. The normalized spacial score (nSPS) is 10.2. The molecular formula is C21H21N3O2. The molecule has 3 rings (SSSR count). The monoisotopic (exact) mass is 347 g/mol. The third-order valence-electron chi connectivity index (χ3n) is 3.93. The summed E-state index contributed by atoms with van der Waals surface area (Å²) in [6.45, 7) is 0.566. The summed E-state index contributed by atoms with van der Waals surface area (Å²) >= 11 is 0. The number of pyridine rings is 1. The van der Waals surface area contributed by atoms with E-state index in [9.17, 15) is 4.79 Å². The van der Waals surface area contributed by atoms with Crippen molar-refractivity contribution >= 4 is 17.4 Å². The molecule has 0 fully saturated rings.